The molecular weight excluding hydrogens is 382 g/mol. The van der Waals surface area contributed by atoms with Gasteiger partial charge in [0.15, 0.2) is 11.5 Å². The van der Waals surface area contributed by atoms with Crippen molar-refractivity contribution in [1.29, 1.82) is 0 Å². The number of hydrogen-bond donors (Lipinski definition) is 1. The Labute approximate surface area is 166 Å². The summed E-state index contributed by atoms with van der Waals surface area (Å²) in [5, 5.41) is 15.9. The number of rotatable bonds is 5. The molecule has 0 saturated carbocycles. The van der Waals surface area contributed by atoms with Crippen LogP contribution in [0.5, 0.6) is 17.2 Å². The van der Waals surface area contributed by atoms with Gasteiger partial charge in [-0.25, -0.2) is 0 Å². The molecule has 1 aliphatic rings. The highest BCUT2D eigenvalue weighted by atomic mass is 35.5. The summed E-state index contributed by atoms with van der Waals surface area (Å²) in [6.07, 6.45) is 2.02. The van der Waals surface area contributed by atoms with Crippen LogP contribution in [0.25, 0.3) is 5.70 Å². The van der Waals surface area contributed by atoms with Crippen LogP contribution in [0, 0.1) is 0 Å². The van der Waals surface area contributed by atoms with E-state index in [1.807, 2.05) is 42.5 Å². The van der Waals surface area contributed by atoms with Gasteiger partial charge >= 0.3 is 0 Å². The van der Waals surface area contributed by atoms with E-state index in [9.17, 15) is 0 Å². The molecule has 4 rings (SSSR count). The van der Waals surface area contributed by atoms with Gasteiger partial charge in [0.2, 0.25) is 11.7 Å². The molecule has 1 atom stereocenters. The van der Waals surface area contributed by atoms with Gasteiger partial charge in [-0.2, -0.15) is 4.68 Å². The number of tetrazole rings is 1. The van der Waals surface area contributed by atoms with E-state index in [2.05, 4.69) is 20.8 Å². The molecular formula is C19H18ClN5O3. The third kappa shape index (κ3) is 3.01. The summed E-state index contributed by atoms with van der Waals surface area (Å²) in [5.41, 5.74) is 2.66. The summed E-state index contributed by atoms with van der Waals surface area (Å²) in [4.78, 5) is 0. The van der Waals surface area contributed by atoms with Crippen molar-refractivity contribution in [3.05, 3.63) is 58.6 Å². The molecule has 3 aromatic rings. The molecule has 0 fully saturated rings. The average molecular weight is 400 g/mol. The molecule has 2 aromatic carbocycles. The van der Waals surface area contributed by atoms with Crippen LogP contribution < -0.4 is 19.5 Å². The van der Waals surface area contributed by atoms with Crippen molar-refractivity contribution in [3.8, 4) is 17.2 Å². The number of allylic oxidation sites excluding steroid dienone is 1. The number of methoxy groups -OCH3 is 3. The molecule has 1 aliphatic heterocycles. The van der Waals surface area contributed by atoms with Gasteiger partial charge in [-0.3, -0.25) is 0 Å². The van der Waals surface area contributed by atoms with Crippen molar-refractivity contribution in [1.82, 2.24) is 20.2 Å². The predicted octanol–water partition coefficient (Wildman–Crippen LogP) is 3.41. The van der Waals surface area contributed by atoms with Crippen LogP contribution >= 0.6 is 11.6 Å². The second kappa shape index (κ2) is 7.40. The maximum atomic E-state index is 6.02. The van der Waals surface area contributed by atoms with Crippen molar-refractivity contribution in [2.45, 2.75) is 6.04 Å². The Balaban J connectivity index is 1.87. The fourth-order valence-electron chi connectivity index (χ4n) is 3.23. The van der Waals surface area contributed by atoms with E-state index >= 15 is 0 Å². The van der Waals surface area contributed by atoms with Crippen LogP contribution in [-0.2, 0) is 0 Å². The van der Waals surface area contributed by atoms with Crippen LogP contribution in [0.15, 0.2) is 42.5 Å². The molecule has 0 aliphatic carbocycles. The number of benzene rings is 2. The van der Waals surface area contributed by atoms with Gasteiger partial charge in [-0.15, -0.1) is 0 Å². The molecule has 9 heteroatoms. The van der Waals surface area contributed by atoms with Crippen molar-refractivity contribution < 1.29 is 14.2 Å². The van der Waals surface area contributed by atoms with Crippen LogP contribution in [0.3, 0.4) is 0 Å². The van der Waals surface area contributed by atoms with Crippen molar-refractivity contribution in [2.24, 2.45) is 0 Å². The number of aromatic nitrogens is 4. The van der Waals surface area contributed by atoms with Crippen LogP contribution in [0.1, 0.15) is 17.2 Å². The summed E-state index contributed by atoms with van der Waals surface area (Å²) in [7, 11) is 4.75. The molecule has 0 radical (unpaired) electrons. The standard InChI is InChI=1S/C19H18ClN5O3/c1-26-16-9-8-13(17(27-2)18(16)28-3)15-10-14(11-4-6-12(20)7-5-11)21-19-22-23-24-25(15)19/h4-10,15H,1-3H3,(H,21,22,24)/t15-/m1/s1. The summed E-state index contributed by atoms with van der Waals surface area (Å²) >= 11 is 6.02. The zero-order valence-corrected chi connectivity index (χ0v) is 16.3. The lowest BCUT2D eigenvalue weighted by molar-refractivity contribution is 0.320. The van der Waals surface area contributed by atoms with Gasteiger partial charge in [-0.1, -0.05) is 28.8 Å². The average Bonchev–Trinajstić information content (AvgIpc) is 3.21. The minimum Gasteiger partial charge on any atom is -0.493 e. The second-order valence-corrected chi connectivity index (χ2v) is 6.46. The first-order valence-electron chi connectivity index (χ1n) is 8.47. The van der Waals surface area contributed by atoms with Gasteiger partial charge in [0, 0.05) is 16.3 Å². The topological polar surface area (TPSA) is 83.3 Å². The first kappa shape index (κ1) is 18.1. The van der Waals surface area contributed by atoms with E-state index in [0.717, 1.165) is 16.8 Å². The Morgan fingerprint density at radius 3 is 2.39 bits per heavy atom. The summed E-state index contributed by atoms with van der Waals surface area (Å²) in [6, 6.07) is 11.0. The number of ether oxygens (including phenoxy) is 3. The Hall–Kier alpha value is -3.26. The Morgan fingerprint density at radius 2 is 1.71 bits per heavy atom. The number of fused-ring (bicyclic) bond motifs is 1. The highest BCUT2D eigenvalue weighted by Gasteiger charge is 2.29. The van der Waals surface area contributed by atoms with E-state index in [1.54, 1.807) is 26.0 Å². The lowest BCUT2D eigenvalue weighted by Crippen LogP contribution is -2.21. The molecule has 8 nitrogen and oxygen atoms in total. The van der Waals surface area contributed by atoms with E-state index in [1.165, 1.54) is 0 Å². The molecule has 1 aromatic heterocycles. The van der Waals surface area contributed by atoms with Crippen molar-refractivity contribution >= 4 is 23.2 Å². The van der Waals surface area contributed by atoms with E-state index in [4.69, 9.17) is 25.8 Å². The number of halogens is 1. The molecule has 0 spiro atoms. The van der Waals surface area contributed by atoms with Gasteiger partial charge in [0.1, 0.15) is 6.04 Å². The van der Waals surface area contributed by atoms with Crippen molar-refractivity contribution in [2.75, 3.05) is 26.6 Å². The molecule has 1 N–H and O–H groups in total. The molecule has 0 amide bonds. The molecule has 144 valence electrons. The number of nitrogens with zero attached hydrogens (tertiary/aromatic N) is 4. The number of anilines is 1. The Morgan fingerprint density at radius 1 is 0.964 bits per heavy atom. The zero-order valence-electron chi connectivity index (χ0n) is 15.5. The quantitative estimate of drug-likeness (QED) is 0.703. The fourth-order valence-corrected chi connectivity index (χ4v) is 3.36. The highest BCUT2D eigenvalue weighted by molar-refractivity contribution is 6.30. The Bertz CT molecular complexity index is 1030. The third-order valence-corrected chi connectivity index (χ3v) is 4.79. The maximum absolute atomic E-state index is 6.02. The molecule has 0 bridgehead atoms. The minimum absolute atomic E-state index is 0.313. The summed E-state index contributed by atoms with van der Waals surface area (Å²) < 4.78 is 18.2. The first-order chi connectivity index (χ1) is 13.7. The van der Waals surface area contributed by atoms with Gasteiger partial charge in [0.05, 0.1) is 21.3 Å². The molecule has 28 heavy (non-hydrogen) atoms. The molecule has 0 saturated heterocycles. The number of hydrogen-bond acceptors (Lipinski definition) is 7. The van der Waals surface area contributed by atoms with E-state index < -0.39 is 0 Å². The highest BCUT2D eigenvalue weighted by Crippen LogP contribution is 2.44. The molecule has 2 heterocycles. The van der Waals surface area contributed by atoms with Crippen molar-refractivity contribution in [3.63, 3.8) is 0 Å². The largest absolute Gasteiger partial charge is 0.493 e. The minimum atomic E-state index is -0.313. The van der Waals surface area contributed by atoms with Gasteiger partial charge in [0.25, 0.3) is 0 Å². The summed E-state index contributed by atoms with van der Waals surface area (Å²) in [6.45, 7) is 0. The third-order valence-electron chi connectivity index (χ3n) is 4.54. The Kier molecular flexibility index (Phi) is 4.79. The van der Waals surface area contributed by atoms with E-state index in [-0.39, 0.29) is 6.04 Å². The van der Waals surface area contributed by atoms with Gasteiger partial charge < -0.3 is 19.5 Å². The predicted molar refractivity (Wildman–Crippen MR) is 105 cm³/mol. The van der Waals surface area contributed by atoms with Crippen LogP contribution in [0.4, 0.5) is 5.95 Å². The lowest BCUT2D eigenvalue weighted by atomic mass is 10.00. The summed E-state index contributed by atoms with van der Waals surface area (Å²) in [5.74, 6) is 2.17. The second-order valence-electron chi connectivity index (χ2n) is 6.03. The fraction of sp³-hybridized carbons (Fsp3) is 0.211. The molecule has 0 unspecified atom stereocenters. The smallest absolute Gasteiger partial charge is 0.248 e. The van der Waals surface area contributed by atoms with Gasteiger partial charge in [-0.05, 0) is 46.3 Å². The monoisotopic (exact) mass is 399 g/mol. The maximum Gasteiger partial charge on any atom is 0.248 e. The van der Waals surface area contributed by atoms with Crippen LogP contribution in [-0.4, -0.2) is 41.5 Å². The normalized spacial score (nSPS) is 15.3. The lowest BCUT2D eigenvalue weighted by Gasteiger charge is -2.25. The SMILES string of the molecule is COc1ccc([C@H]2C=C(c3ccc(Cl)cc3)Nc3nnnn32)c(OC)c1OC. The first-order valence-corrected chi connectivity index (χ1v) is 8.85. The zero-order chi connectivity index (χ0) is 19.7. The van der Waals surface area contributed by atoms with Crippen LogP contribution in [0.2, 0.25) is 5.02 Å². The van der Waals surface area contributed by atoms with E-state index in [0.29, 0.717) is 28.2 Å². The number of nitrogens with one attached hydrogen (secondary N) is 1.